The molecule has 0 amide bonds. The van der Waals surface area contributed by atoms with Crippen molar-refractivity contribution in [1.82, 2.24) is 0 Å². The zero-order valence-corrected chi connectivity index (χ0v) is 9.09. The maximum absolute atomic E-state index is 5.81. The molecule has 70 valence electrons. The average molecular weight is 241 g/mol. The van der Waals surface area contributed by atoms with Crippen LogP contribution in [0.5, 0.6) is 5.75 Å². The first-order valence-electron chi connectivity index (χ1n) is 4.77. The highest BCUT2D eigenvalue weighted by Gasteiger charge is 2.15. The van der Waals surface area contributed by atoms with E-state index in [4.69, 9.17) is 4.74 Å². The van der Waals surface area contributed by atoms with E-state index in [1.807, 2.05) is 24.3 Å². The summed E-state index contributed by atoms with van der Waals surface area (Å²) in [6.45, 7) is 0. The van der Waals surface area contributed by atoms with Crippen LogP contribution in [0.15, 0.2) is 28.7 Å². The number of hydrogen-bond acceptors (Lipinski definition) is 1. The Kier molecular flexibility index (Phi) is 2.89. The van der Waals surface area contributed by atoms with E-state index in [-0.39, 0.29) is 0 Å². The zero-order chi connectivity index (χ0) is 9.10. The standard InChI is InChI=1S/C11H13BrO/c12-9-5-7-11(8-6-9)13-10-3-1-2-4-10/h5-8,10H,1-4H2. The van der Waals surface area contributed by atoms with Crippen molar-refractivity contribution in [3.8, 4) is 5.75 Å². The zero-order valence-electron chi connectivity index (χ0n) is 7.50. The van der Waals surface area contributed by atoms with Gasteiger partial charge in [-0.1, -0.05) is 15.9 Å². The van der Waals surface area contributed by atoms with Crippen LogP contribution >= 0.6 is 15.9 Å². The van der Waals surface area contributed by atoms with Crippen LogP contribution in [0.2, 0.25) is 0 Å². The minimum absolute atomic E-state index is 0.459. The van der Waals surface area contributed by atoms with Crippen molar-refractivity contribution in [2.45, 2.75) is 31.8 Å². The van der Waals surface area contributed by atoms with Crippen LogP contribution in [0.1, 0.15) is 25.7 Å². The van der Waals surface area contributed by atoms with E-state index in [1.165, 1.54) is 25.7 Å². The van der Waals surface area contributed by atoms with E-state index in [9.17, 15) is 0 Å². The number of halogens is 1. The third kappa shape index (κ3) is 2.47. The molecule has 1 saturated carbocycles. The summed E-state index contributed by atoms with van der Waals surface area (Å²) in [5.74, 6) is 0.995. The van der Waals surface area contributed by atoms with Crippen molar-refractivity contribution in [2.75, 3.05) is 0 Å². The van der Waals surface area contributed by atoms with Gasteiger partial charge in [0.1, 0.15) is 5.75 Å². The molecule has 0 heterocycles. The van der Waals surface area contributed by atoms with Gasteiger partial charge in [0.25, 0.3) is 0 Å². The lowest BCUT2D eigenvalue weighted by atomic mass is 10.3. The van der Waals surface area contributed by atoms with Gasteiger partial charge in [0.2, 0.25) is 0 Å². The highest BCUT2D eigenvalue weighted by atomic mass is 79.9. The molecule has 0 aromatic heterocycles. The van der Waals surface area contributed by atoms with Crippen molar-refractivity contribution >= 4 is 15.9 Å². The van der Waals surface area contributed by atoms with Crippen LogP contribution in [-0.4, -0.2) is 6.10 Å². The molecule has 2 heteroatoms. The molecule has 0 radical (unpaired) electrons. The van der Waals surface area contributed by atoms with Gasteiger partial charge in [-0.3, -0.25) is 0 Å². The Balaban J connectivity index is 1.97. The van der Waals surface area contributed by atoms with Crippen molar-refractivity contribution in [2.24, 2.45) is 0 Å². The molecule has 0 saturated heterocycles. The molecule has 1 nitrogen and oxygen atoms in total. The molecule has 0 N–H and O–H groups in total. The SMILES string of the molecule is Brc1ccc(OC2CCCC2)cc1. The molecule has 0 atom stereocenters. The summed E-state index contributed by atoms with van der Waals surface area (Å²) in [6, 6.07) is 8.07. The Labute approximate surface area is 87.2 Å². The lowest BCUT2D eigenvalue weighted by Crippen LogP contribution is -2.10. The fourth-order valence-corrected chi connectivity index (χ4v) is 1.98. The highest BCUT2D eigenvalue weighted by Crippen LogP contribution is 2.24. The topological polar surface area (TPSA) is 9.23 Å². The Morgan fingerprint density at radius 2 is 1.69 bits per heavy atom. The van der Waals surface area contributed by atoms with Gasteiger partial charge in [0.15, 0.2) is 0 Å². The summed E-state index contributed by atoms with van der Waals surface area (Å²) in [7, 11) is 0. The second-order valence-corrected chi connectivity index (χ2v) is 4.39. The fourth-order valence-electron chi connectivity index (χ4n) is 1.71. The van der Waals surface area contributed by atoms with E-state index in [0.717, 1.165) is 10.2 Å². The number of benzene rings is 1. The lowest BCUT2D eigenvalue weighted by molar-refractivity contribution is 0.210. The van der Waals surface area contributed by atoms with Crippen LogP contribution < -0.4 is 4.74 Å². The van der Waals surface area contributed by atoms with Crippen LogP contribution in [0.25, 0.3) is 0 Å². The van der Waals surface area contributed by atoms with Gasteiger partial charge < -0.3 is 4.74 Å². The minimum atomic E-state index is 0.459. The summed E-state index contributed by atoms with van der Waals surface area (Å²) >= 11 is 3.40. The van der Waals surface area contributed by atoms with Crippen LogP contribution in [0.4, 0.5) is 0 Å². The Hall–Kier alpha value is -0.500. The number of hydrogen-bond donors (Lipinski definition) is 0. The third-order valence-corrected chi connectivity index (χ3v) is 2.95. The smallest absolute Gasteiger partial charge is 0.119 e. The summed E-state index contributed by atoms with van der Waals surface area (Å²) in [5.41, 5.74) is 0. The molecule has 0 bridgehead atoms. The van der Waals surface area contributed by atoms with E-state index in [1.54, 1.807) is 0 Å². The molecule has 0 aliphatic heterocycles. The second-order valence-electron chi connectivity index (χ2n) is 3.48. The maximum atomic E-state index is 5.81. The first kappa shape index (κ1) is 9.07. The summed E-state index contributed by atoms with van der Waals surface area (Å²) < 4.78 is 6.91. The van der Waals surface area contributed by atoms with Crippen molar-refractivity contribution in [3.63, 3.8) is 0 Å². The summed E-state index contributed by atoms with van der Waals surface area (Å²) in [6.07, 6.45) is 5.54. The predicted molar refractivity (Wildman–Crippen MR) is 57.0 cm³/mol. The summed E-state index contributed by atoms with van der Waals surface area (Å²) in [4.78, 5) is 0. The molecule has 1 aromatic rings. The van der Waals surface area contributed by atoms with Crippen LogP contribution in [0.3, 0.4) is 0 Å². The van der Waals surface area contributed by atoms with Gasteiger partial charge in [-0.2, -0.15) is 0 Å². The Morgan fingerprint density at radius 1 is 1.08 bits per heavy atom. The van der Waals surface area contributed by atoms with E-state index in [2.05, 4.69) is 15.9 Å². The monoisotopic (exact) mass is 240 g/mol. The molecular weight excluding hydrogens is 228 g/mol. The first-order chi connectivity index (χ1) is 6.34. The quantitative estimate of drug-likeness (QED) is 0.765. The van der Waals surface area contributed by atoms with Crippen molar-refractivity contribution < 1.29 is 4.74 Å². The Morgan fingerprint density at radius 3 is 2.31 bits per heavy atom. The van der Waals surface area contributed by atoms with E-state index < -0.39 is 0 Å². The molecule has 2 rings (SSSR count). The lowest BCUT2D eigenvalue weighted by Gasteiger charge is -2.12. The Bertz CT molecular complexity index is 262. The molecule has 1 aliphatic carbocycles. The largest absolute Gasteiger partial charge is 0.490 e. The number of ether oxygens (including phenoxy) is 1. The maximum Gasteiger partial charge on any atom is 0.119 e. The molecule has 1 aromatic carbocycles. The predicted octanol–water partition coefficient (Wildman–Crippen LogP) is 3.77. The molecule has 0 unspecified atom stereocenters. The van der Waals surface area contributed by atoms with Gasteiger partial charge in [0.05, 0.1) is 6.10 Å². The molecule has 1 fully saturated rings. The van der Waals surface area contributed by atoms with E-state index >= 15 is 0 Å². The van der Waals surface area contributed by atoms with Gasteiger partial charge in [0, 0.05) is 4.47 Å². The molecule has 13 heavy (non-hydrogen) atoms. The first-order valence-corrected chi connectivity index (χ1v) is 5.56. The van der Waals surface area contributed by atoms with E-state index in [0.29, 0.717) is 6.10 Å². The highest BCUT2D eigenvalue weighted by molar-refractivity contribution is 9.10. The fraction of sp³-hybridized carbons (Fsp3) is 0.455. The normalized spacial score (nSPS) is 17.6. The van der Waals surface area contributed by atoms with Gasteiger partial charge >= 0.3 is 0 Å². The average Bonchev–Trinajstić information content (AvgIpc) is 2.62. The van der Waals surface area contributed by atoms with Gasteiger partial charge in [-0.05, 0) is 49.9 Å². The summed E-state index contributed by atoms with van der Waals surface area (Å²) in [5, 5.41) is 0. The van der Waals surface area contributed by atoms with Gasteiger partial charge in [-0.15, -0.1) is 0 Å². The molecule has 1 aliphatic rings. The van der Waals surface area contributed by atoms with Crippen molar-refractivity contribution in [1.29, 1.82) is 0 Å². The molecular formula is C11H13BrO. The second kappa shape index (κ2) is 4.14. The minimum Gasteiger partial charge on any atom is -0.490 e. The third-order valence-electron chi connectivity index (χ3n) is 2.42. The van der Waals surface area contributed by atoms with Crippen LogP contribution in [0, 0.1) is 0 Å². The van der Waals surface area contributed by atoms with Gasteiger partial charge in [-0.25, -0.2) is 0 Å². The number of rotatable bonds is 2. The van der Waals surface area contributed by atoms with Crippen LogP contribution in [-0.2, 0) is 0 Å². The van der Waals surface area contributed by atoms with Crippen molar-refractivity contribution in [3.05, 3.63) is 28.7 Å². The molecule has 0 spiro atoms.